The largest absolute Gasteiger partial charge is 0.497 e. The van der Waals surface area contributed by atoms with Gasteiger partial charge in [-0.15, -0.1) is 0 Å². The van der Waals surface area contributed by atoms with Crippen molar-refractivity contribution >= 4 is 28.3 Å². The van der Waals surface area contributed by atoms with Gasteiger partial charge in [0.2, 0.25) is 0 Å². The molecule has 4 nitrogen and oxygen atoms in total. The van der Waals surface area contributed by atoms with E-state index in [2.05, 4.69) is 16.6 Å². The van der Waals surface area contributed by atoms with E-state index in [1.54, 1.807) is 7.11 Å². The highest BCUT2D eigenvalue weighted by molar-refractivity contribution is 8.15. The lowest BCUT2D eigenvalue weighted by atomic mass is 10.2. The highest BCUT2D eigenvalue weighted by Gasteiger charge is 2.09. The number of rotatable bonds is 5. The first-order valence-corrected chi connectivity index (χ1v) is 8.04. The Morgan fingerprint density at radius 2 is 1.70 bits per heavy atom. The van der Waals surface area contributed by atoms with E-state index in [-0.39, 0.29) is 5.78 Å². The molecular weight excluding hydrogens is 308 g/mol. The Labute approximate surface area is 140 Å². The highest BCUT2D eigenvalue weighted by atomic mass is 32.2. The number of carbonyl (C=O) groups is 1. The average molecular weight is 328 g/mol. The van der Waals surface area contributed by atoms with Gasteiger partial charge < -0.3 is 4.74 Å². The van der Waals surface area contributed by atoms with Crippen molar-refractivity contribution in [2.24, 2.45) is 5.10 Å². The van der Waals surface area contributed by atoms with Crippen LogP contribution in [-0.4, -0.2) is 17.9 Å². The Kier molecular flexibility index (Phi) is 5.82. The van der Waals surface area contributed by atoms with Crippen molar-refractivity contribution in [3.8, 4) is 5.75 Å². The fourth-order valence-electron chi connectivity index (χ4n) is 2.06. The SMILES string of the molecule is COc1ccc(NN=C(Sc2cc(C)cc(C)c2)C(C)=O)cc1. The van der Waals surface area contributed by atoms with Crippen molar-refractivity contribution in [2.75, 3.05) is 12.5 Å². The molecule has 0 saturated carbocycles. The molecule has 23 heavy (non-hydrogen) atoms. The molecule has 1 N–H and O–H groups in total. The number of hydrogen-bond acceptors (Lipinski definition) is 5. The summed E-state index contributed by atoms with van der Waals surface area (Å²) in [6.45, 7) is 5.60. The predicted molar refractivity (Wildman–Crippen MR) is 96.5 cm³/mol. The summed E-state index contributed by atoms with van der Waals surface area (Å²) in [5.74, 6) is 0.700. The van der Waals surface area contributed by atoms with Crippen LogP contribution in [0.1, 0.15) is 18.1 Å². The number of carbonyl (C=O) groups excluding carboxylic acids is 1. The maximum Gasteiger partial charge on any atom is 0.186 e. The van der Waals surface area contributed by atoms with Crippen molar-refractivity contribution in [2.45, 2.75) is 25.7 Å². The van der Waals surface area contributed by atoms with Crippen LogP contribution in [-0.2, 0) is 4.79 Å². The fourth-order valence-corrected chi connectivity index (χ4v) is 3.01. The van der Waals surface area contributed by atoms with Crippen molar-refractivity contribution in [3.63, 3.8) is 0 Å². The zero-order valence-corrected chi connectivity index (χ0v) is 14.5. The summed E-state index contributed by atoms with van der Waals surface area (Å²) in [5, 5.41) is 4.66. The molecule has 0 saturated heterocycles. The number of ether oxygens (including phenoxy) is 1. The molecule has 0 radical (unpaired) electrons. The minimum absolute atomic E-state index is 0.0739. The number of benzene rings is 2. The normalized spacial score (nSPS) is 11.2. The van der Waals surface area contributed by atoms with Gasteiger partial charge in [0.15, 0.2) is 10.8 Å². The Balaban J connectivity index is 2.15. The molecular formula is C18H20N2O2S. The number of hydrazone groups is 1. The van der Waals surface area contributed by atoms with E-state index >= 15 is 0 Å². The van der Waals surface area contributed by atoms with E-state index < -0.39 is 0 Å². The van der Waals surface area contributed by atoms with Gasteiger partial charge >= 0.3 is 0 Å². The summed E-state index contributed by atoms with van der Waals surface area (Å²) in [6, 6.07) is 13.6. The maximum atomic E-state index is 11.8. The third-order valence-electron chi connectivity index (χ3n) is 3.09. The molecule has 2 rings (SSSR count). The van der Waals surface area contributed by atoms with Gasteiger partial charge in [0.05, 0.1) is 12.8 Å². The van der Waals surface area contributed by atoms with Crippen molar-refractivity contribution in [3.05, 3.63) is 53.6 Å². The minimum Gasteiger partial charge on any atom is -0.497 e. The molecule has 0 aliphatic carbocycles. The van der Waals surface area contributed by atoms with Gasteiger partial charge in [-0.25, -0.2) is 0 Å². The van der Waals surface area contributed by atoms with Crippen molar-refractivity contribution < 1.29 is 9.53 Å². The third-order valence-corrected chi connectivity index (χ3v) is 4.13. The molecule has 120 valence electrons. The van der Waals surface area contributed by atoms with Gasteiger partial charge in [0.1, 0.15) is 5.75 Å². The molecule has 0 amide bonds. The molecule has 0 unspecified atom stereocenters. The number of hydrogen-bond donors (Lipinski definition) is 1. The van der Waals surface area contributed by atoms with Gasteiger partial charge in [0, 0.05) is 11.8 Å². The van der Waals surface area contributed by atoms with E-state index in [0.29, 0.717) is 5.04 Å². The lowest BCUT2D eigenvalue weighted by Gasteiger charge is -2.07. The van der Waals surface area contributed by atoms with Gasteiger partial charge in [-0.1, -0.05) is 17.8 Å². The quantitative estimate of drug-likeness (QED) is 0.382. The second-order valence-corrected chi connectivity index (χ2v) is 6.30. The number of nitrogens with zero attached hydrogens (tertiary/aromatic N) is 1. The van der Waals surface area contributed by atoms with Crippen LogP contribution in [0.2, 0.25) is 0 Å². The maximum absolute atomic E-state index is 11.8. The minimum atomic E-state index is -0.0739. The standard InChI is InChI=1S/C18H20N2O2S/c1-12-9-13(2)11-17(10-12)23-18(14(3)21)20-19-15-5-7-16(22-4)8-6-15/h5-11,19H,1-4H3. The number of aryl methyl sites for hydroxylation is 2. The summed E-state index contributed by atoms with van der Waals surface area (Å²) < 4.78 is 5.11. The van der Waals surface area contributed by atoms with Crippen LogP contribution < -0.4 is 10.2 Å². The molecule has 0 aromatic heterocycles. The Morgan fingerprint density at radius 1 is 1.09 bits per heavy atom. The predicted octanol–water partition coefficient (Wildman–Crippen LogP) is 4.42. The van der Waals surface area contributed by atoms with Crippen LogP contribution in [0.25, 0.3) is 0 Å². The topological polar surface area (TPSA) is 50.7 Å². The highest BCUT2D eigenvalue weighted by Crippen LogP contribution is 2.23. The number of anilines is 1. The number of thioether (sulfide) groups is 1. The van der Waals surface area contributed by atoms with Gasteiger partial charge in [-0.3, -0.25) is 10.2 Å². The van der Waals surface area contributed by atoms with E-state index in [0.717, 1.165) is 16.3 Å². The van der Waals surface area contributed by atoms with Crippen LogP contribution in [0.4, 0.5) is 5.69 Å². The number of ketones is 1. The van der Waals surface area contributed by atoms with E-state index in [1.807, 2.05) is 50.2 Å². The molecule has 2 aromatic carbocycles. The summed E-state index contributed by atoms with van der Waals surface area (Å²) in [4.78, 5) is 12.8. The molecule has 0 aliphatic rings. The monoisotopic (exact) mass is 328 g/mol. The van der Waals surface area contributed by atoms with E-state index in [4.69, 9.17) is 4.74 Å². The molecule has 0 aliphatic heterocycles. The number of nitrogens with one attached hydrogen (secondary N) is 1. The Hall–Kier alpha value is -2.27. The zero-order valence-electron chi connectivity index (χ0n) is 13.7. The van der Waals surface area contributed by atoms with Crippen LogP contribution in [0, 0.1) is 13.8 Å². The van der Waals surface area contributed by atoms with Crippen LogP contribution >= 0.6 is 11.8 Å². The first-order valence-electron chi connectivity index (χ1n) is 7.23. The molecule has 0 bridgehead atoms. The van der Waals surface area contributed by atoms with E-state index in [1.165, 1.54) is 29.8 Å². The molecule has 5 heteroatoms. The van der Waals surface area contributed by atoms with Crippen molar-refractivity contribution in [1.82, 2.24) is 0 Å². The second kappa shape index (κ2) is 7.83. The van der Waals surface area contributed by atoms with Crippen LogP contribution in [0.3, 0.4) is 0 Å². The van der Waals surface area contributed by atoms with Crippen LogP contribution in [0.15, 0.2) is 52.5 Å². The van der Waals surface area contributed by atoms with Crippen molar-refractivity contribution in [1.29, 1.82) is 0 Å². The zero-order chi connectivity index (χ0) is 16.8. The fraction of sp³-hybridized carbons (Fsp3) is 0.222. The first-order chi connectivity index (χ1) is 11.0. The summed E-state index contributed by atoms with van der Waals surface area (Å²) >= 11 is 1.37. The lowest BCUT2D eigenvalue weighted by Crippen LogP contribution is -2.08. The Bertz CT molecular complexity index is 704. The summed E-state index contributed by atoms with van der Waals surface area (Å²) in [5.41, 5.74) is 6.05. The Morgan fingerprint density at radius 3 is 2.22 bits per heavy atom. The molecule has 0 heterocycles. The van der Waals surface area contributed by atoms with Gasteiger partial charge in [0.25, 0.3) is 0 Å². The second-order valence-electron chi connectivity index (χ2n) is 5.24. The summed E-state index contributed by atoms with van der Waals surface area (Å²) in [7, 11) is 1.62. The average Bonchev–Trinajstić information content (AvgIpc) is 2.50. The van der Waals surface area contributed by atoms with Gasteiger partial charge in [-0.2, -0.15) is 5.10 Å². The first kappa shape index (κ1) is 17.1. The number of methoxy groups -OCH3 is 1. The number of Topliss-reactive ketones (excluding diaryl/α,β-unsaturated/α-hetero) is 1. The third kappa shape index (κ3) is 5.14. The summed E-state index contributed by atoms with van der Waals surface area (Å²) in [6.07, 6.45) is 0. The van der Waals surface area contributed by atoms with Crippen LogP contribution in [0.5, 0.6) is 5.75 Å². The lowest BCUT2D eigenvalue weighted by molar-refractivity contribution is -0.110. The van der Waals surface area contributed by atoms with E-state index in [9.17, 15) is 4.79 Å². The molecule has 0 atom stereocenters. The van der Waals surface area contributed by atoms with Gasteiger partial charge in [-0.05, 0) is 61.4 Å². The molecule has 0 fully saturated rings. The molecule has 2 aromatic rings. The molecule has 0 spiro atoms. The smallest absolute Gasteiger partial charge is 0.186 e.